The molecule has 1 saturated carbocycles. The topological polar surface area (TPSA) is 98.0 Å². The molecule has 1 fully saturated rings. The highest BCUT2D eigenvalue weighted by Gasteiger charge is 2.41. The summed E-state index contributed by atoms with van der Waals surface area (Å²) in [4.78, 5) is 11.7. The molecule has 5 atom stereocenters. The molecular weight excluding hydrogens is 388 g/mol. The third-order valence-corrected chi connectivity index (χ3v) is 7.38. The lowest BCUT2D eigenvalue weighted by molar-refractivity contribution is -0.137. The summed E-state index contributed by atoms with van der Waals surface area (Å²) in [7, 11) is 0. The molecule has 1 aliphatic carbocycles. The molecule has 29 heavy (non-hydrogen) atoms. The average molecular weight is 425 g/mol. The first kappa shape index (κ1) is 24.2. The number of carbonyl (C=O) groups is 1. The highest BCUT2D eigenvalue weighted by Crippen LogP contribution is 2.40. The summed E-state index contributed by atoms with van der Waals surface area (Å²) in [6.07, 6.45) is 5.22. The number of unbranched alkanes of at least 4 members (excludes halogenated alkanes) is 3. The molecule has 164 valence electrons. The minimum Gasteiger partial charge on any atom is -0.481 e. The van der Waals surface area contributed by atoms with Crippen molar-refractivity contribution in [1.29, 1.82) is 0 Å². The summed E-state index contributed by atoms with van der Waals surface area (Å²) in [5.74, 6) is -0.0902. The molecule has 0 spiro atoms. The molecule has 2 rings (SSSR count). The second-order valence-corrected chi connectivity index (χ2v) is 9.73. The number of aliphatic carboxylic acids is 1. The van der Waals surface area contributed by atoms with Gasteiger partial charge in [0.15, 0.2) is 0 Å². The molecule has 0 radical (unpaired) electrons. The van der Waals surface area contributed by atoms with Crippen LogP contribution >= 0.6 is 11.8 Å². The van der Waals surface area contributed by atoms with Gasteiger partial charge < -0.3 is 20.4 Å². The van der Waals surface area contributed by atoms with Crippen molar-refractivity contribution < 1.29 is 25.2 Å². The number of hydrogen-bond acceptors (Lipinski definition) is 5. The van der Waals surface area contributed by atoms with Crippen LogP contribution < -0.4 is 0 Å². The van der Waals surface area contributed by atoms with Crippen LogP contribution in [0.3, 0.4) is 0 Å². The Balaban J connectivity index is 1.76. The van der Waals surface area contributed by atoms with Crippen LogP contribution in [0, 0.1) is 11.8 Å². The number of aliphatic hydroxyl groups excluding tert-OH is 2. The second kappa shape index (κ2) is 11.9. The smallest absolute Gasteiger partial charge is 0.303 e. The summed E-state index contributed by atoms with van der Waals surface area (Å²) in [5.41, 5.74) is -0.824. The number of aliphatic hydroxyl groups is 3. The first-order valence-electron chi connectivity index (χ1n) is 10.8. The maximum atomic E-state index is 10.8. The van der Waals surface area contributed by atoms with E-state index in [1.807, 2.05) is 37.3 Å². The molecule has 0 bridgehead atoms. The first-order chi connectivity index (χ1) is 13.8. The van der Waals surface area contributed by atoms with E-state index in [1.165, 1.54) is 0 Å². The van der Waals surface area contributed by atoms with Gasteiger partial charge in [0.05, 0.1) is 17.8 Å². The van der Waals surface area contributed by atoms with Gasteiger partial charge in [0.2, 0.25) is 0 Å². The van der Waals surface area contributed by atoms with Crippen LogP contribution in [0.4, 0.5) is 0 Å². The van der Waals surface area contributed by atoms with Crippen molar-refractivity contribution in [3.8, 4) is 0 Å². The van der Waals surface area contributed by atoms with E-state index < -0.39 is 23.8 Å². The Morgan fingerprint density at radius 1 is 1.03 bits per heavy atom. The number of rotatable bonds is 13. The maximum absolute atomic E-state index is 10.8. The van der Waals surface area contributed by atoms with Crippen molar-refractivity contribution in [2.24, 2.45) is 11.8 Å². The first-order valence-corrected chi connectivity index (χ1v) is 11.8. The Labute approximate surface area is 178 Å². The number of thioether (sulfide) groups is 1. The van der Waals surface area contributed by atoms with E-state index in [0.717, 1.165) is 30.6 Å². The molecule has 0 aliphatic heterocycles. The fourth-order valence-electron chi connectivity index (χ4n) is 4.30. The Morgan fingerprint density at radius 3 is 2.31 bits per heavy atom. The zero-order valence-corrected chi connectivity index (χ0v) is 18.2. The van der Waals surface area contributed by atoms with E-state index in [-0.39, 0.29) is 18.3 Å². The normalized spacial score (nSPS) is 26.3. The van der Waals surface area contributed by atoms with E-state index in [1.54, 1.807) is 11.8 Å². The molecule has 0 amide bonds. The third kappa shape index (κ3) is 8.67. The van der Waals surface area contributed by atoms with Gasteiger partial charge in [0.1, 0.15) is 0 Å². The van der Waals surface area contributed by atoms with Gasteiger partial charge in [-0.25, -0.2) is 0 Å². The molecule has 0 aromatic heterocycles. The van der Waals surface area contributed by atoms with Crippen molar-refractivity contribution in [1.82, 2.24) is 0 Å². The number of benzene rings is 1. The number of hydrogen-bond donors (Lipinski definition) is 4. The standard InChI is InChI=1S/C23H36O5S/c1-23(28,16-29-17-9-5-4-6-10-17)14-13-19-18(20(24)15-21(19)25)11-7-2-3-8-12-22(26)27/h4-6,9-10,18-21,24-25,28H,2-3,7-8,11-16H2,1H3,(H,26,27)/t18?,19?,20-,21+,23?/m0/s1. The van der Waals surface area contributed by atoms with Crippen LogP contribution in [0.25, 0.3) is 0 Å². The van der Waals surface area contributed by atoms with Crippen molar-refractivity contribution in [2.45, 2.75) is 87.4 Å². The summed E-state index contributed by atoms with van der Waals surface area (Å²) in [6.45, 7) is 1.85. The average Bonchev–Trinajstić information content (AvgIpc) is 2.94. The third-order valence-electron chi connectivity index (χ3n) is 6.01. The zero-order valence-electron chi connectivity index (χ0n) is 17.4. The van der Waals surface area contributed by atoms with Gasteiger partial charge in [0, 0.05) is 17.1 Å². The SMILES string of the molecule is CC(O)(CCC1C(CCCCCCC(=O)O)[C@@H](O)C[C@H]1O)CSc1ccccc1. The quantitative estimate of drug-likeness (QED) is 0.281. The molecule has 0 saturated heterocycles. The van der Waals surface area contributed by atoms with Crippen LogP contribution in [-0.2, 0) is 4.79 Å². The lowest BCUT2D eigenvalue weighted by Crippen LogP contribution is -2.31. The zero-order chi connectivity index (χ0) is 21.3. The number of carboxylic acid groups (broad SMARTS) is 1. The molecule has 3 unspecified atom stereocenters. The highest BCUT2D eigenvalue weighted by molar-refractivity contribution is 7.99. The van der Waals surface area contributed by atoms with Gasteiger partial charge in [-0.3, -0.25) is 4.79 Å². The summed E-state index contributed by atoms with van der Waals surface area (Å²) in [5, 5.41) is 40.3. The molecule has 5 nitrogen and oxygen atoms in total. The fraction of sp³-hybridized carbons (Fsp3) is 0.696. The van der Waals surface area contributed by atoms with Crippen molar-refractivity contribution >= 4 is 17.7 Å². The van der Waals surface area contributed by atoms with Crippen LogP contribution in [0.2, 0.25) is 0 Å². The Hall–Kier alpha value is -1.08. The Kier molecular flexibility index (Phi) is 9.96. The highest BCUT2D eigenvalue weighted by atomic mass is 32.2. The van der Waals surface area contributed by atoms with Gasteiger partial charge in [-0.2, -0.15) is 0 Å². The molecule has 0 heterocycles. The second-order valence-electron chi connectivity index (χ2n) is 8.68. The number of carboxylic acids is 1. The predicted octanol–water partition coefficient (Wildman–Crippen LogP) is 4.09. The monoisotopic (exact) mass is 424 g/mol. The van der Waals surface area contributed by atoms with E-state index in [0.29, 0.717) is 31.4 Å². The lowest BCUT2D eigenvalue weighted by atomic mass is 9.83. The molecular formula is C23H36O5S. The van der Waals surface area contributed by atoms with Crippen LogP contribution in [0.15, 0.2) is 35.2 Å². The van der Waals surface area contributed by atoms with Gasteiger partial charge in [-0.1, -0.05) is 37.5 Å². The minimum atomic E-state index is -0.824. The van der Waals surface area contributed by atoms with Gasteiger partial charge >= 0.3 is 5.97 Å². The predicted molar refractivity (Wildman–Crippen MR) is 116 cm³/mol. The van der Waals surface area contributed by atoms with Gasteiger partial charge in [-0.15, -0.1) is 11.8 Å². The largest absolute Gasteiger partial charge is 0.481 e. The van der Waals surface area contributed by atoms with Crippen LogP contribution in [0.5, 0.6) is 0 Å². The van der Waals surface area contributed by atoms with Crippen LogP contribution in [0.1, 0.15) is 64.7 Å². The summed E-state index contributed by atoms with van der Waals surface area (Å²) >= 11 is 1.63. The van der Waals surface area contributed by atoms with Gasteiger partial charge in [0.25, 0.3) is 0 Å². The Morgan fingerprint density at radius 2 is 1.66 bits per heavy atom. The summed E-state index contributed by atoms with van der Waals surface area (Å²) < 4.78 is 0. The van der Waals surface area contributed by atoms with E-state index in [9.17, 15) is 20.1 Å². The van der Waals surface area contributed by atoms with Crippen molar-refractivity contribution in [3.63, 3.8) is 0 Å². The molecule has 1 aromatic rings. The van der Waals surface area contributed by atoms with E-state index in [2.05, 4.69) is 0 Å². The molecule has 1 aliphatic rings. The molecule has 4 N–H and O–H groups in total. The minimum absolute atomic E-state index is 0.0113. The van der Waals surface area contributed by atoms with Crippen molar-refractivity contribution in [3.05, 3.63) is 30.3 Å². The maximum Gasteiger partial charge on any atom is 0.303 e. The lowest BCUT2D eigenvalue weighted by Gasteiger charge is -2.28. The molecule has 6 heteroatoms. The van der Waals surface area contributed by atoms with Crippen LogP contribution in [-0.4, -0.2) is 50.0 Å². The fourth-order valence-corrected chi connectivity index (χ4v) is 5.27. The summed E-state index contributed by atoms with van der Waals surface area (Å²) in [6, 6.07) is 10.0. The molecule has 1 aromatic carbocycles. The van der Waals surface area contributed by atoms with E-state index in [4.69, 9.17) is 5.11 Å². The van der Waals surface area contributed by atoms with E-state index >= 15 is 0 Å². The van der Waals surface area contributed by atoms with Crippen molar-refractivity contribution in [2.75, 3.05) is 5.75 Å². The Bertz CT molecular complexity index is 607. The van der Waals surface area contributed by atoms with Gasteiger partial charge in [-0.05, 0) is 63.0 Å².